The Labute approximate surface area is 127 Å². The summed E-state index contributed by atoms with van der Waals surface area (Å²) in [5.41, 5.74) is 2.90. The lowest BCUT2D eigenvalue weighted by molar-refractivity contribution is 0.104. The van der Waals surface area contributed by atoms with Gasteiger partial charge in [0.05, 0.1) is 12.0 Å². The topological polar surface area (TPSA) is 26.3 Å². The lowest BCUT2D eigenvalue weighted by Crippen LogP contribution is -1.97. The van der Waals surface area contributed by atoms with Crippen LogP contribution in [0.1, 0.15) is 15.2 Å². The van der Waals surface area contributed by atoms with Crippen LogP contribution in [0.25, 0.3) is 11.1 Å². The van der Waals surface area contributed by atoms with Crippen molar-refractivity contribution in [3.05, 3.63) is 76.5 Å². The average molecular weight is 294 g/mol. The van der Waals surface area contributed by atoms with Gasteiger partial charge in [0.2, 0.25) is 5.78 Å². The summed E-state index contributed by atoms with van der Waals surface area (Å²) in [6, 6.07) is 19.3. The maximum atomic E-state index is 12.2. The molecule has 0 N–H and O–H groups in total. The molecule has 0 amide bonds. The average Bonchev–Trinajstić information content (AvgIpc) is 3.09. The van der Waals surface area contributed by atoms with Gasteiger partial charge >= 0.3 is 0 Å². The van der Waals surface area contributed by atoms with Gasteiger partial charge in [0.25, 0.3) is 0 Å². The first kappa shape index (κ1) is 13.6. The van der Waals surface area contributed by atoms with Gasteiger partial charge in [0.15, 0.2) is 0 Å². The highest BCUT2D eigenvalue weighted by Crippen LogP contribution is 2.23. The molecule has 1 aromatic heterocycles. The first-order valence-corrected chi connectivity index (χ1v) is 7.48. The van der Waals surface area contributed by atoms with Crippen molar-refractivity contribution >= 4 is 17.1 Å². The molecule has 0 spiro atoms. The van der Waals surface area contributed by atoms with E-state index < -0.39 is 0 Å². The number of hydrogen-bond acceptors (Lipinski definition) is 3. The van der Waals surface area contributed by atoms with Crippen LogP contribution >= 0.6 is 11.3 Å². The first-order valence-electron chi connectivity index (χ1n) is 6.60. The largest absolute Gasteiger partial charge is 0.497 e. The van der Waals surface area contributed by atoms with Gasteiger partial charge in [-0.05, 0) is 34.7 Å². The highest BCUT2D eigenvalue weighted by atomic mass is 32.1. The minimum Gasteiger partial charge on any atom is -0.497 e. The van der Waals surface area contributed by atoms with Gasteiger partial charge in [-0.3, -0.25) is 4.79 Å². The molecule has 2 aromatic carbocycles. The van der Waals surface area contributed by atoms with E-state index in [0.29, 0.717) is 0 Å². The van der Waals surface area contributed by atoms with Crippen LogP contribution in [0, 0.1) is 0 Å². The third-order valence-electron chi connectivity index (χ3n) is 3.32. The van der Waals surface area contributed by atoms with Crippen molar-refractivity contribution in [1.82, 2.24) is 0 Å². The van der Waals surface area contributed by atoms with E-state index in [2.05, 4.69) is 0 Å². The van der Waals surface area contributed by atoms with Gasteiger partial charge < -0.3 is 4.74 Å². The van der Waals surface area contributed by atoms with Crippen molar-refractivity contribution in [2.75, 3.05) is 7.11 Å². The van der Waals surface area contributed by atoms with Crippen molar-refractivity contribution in [2.24, 2.45) is 0 Å². The third kappa shape index (κ3) is 2.88. The molecule has 0 saturated heterocycles. The predicted molar refractivity (Wildman–Crippen MR) is 86.2 cm³/mol. The number of methoxy groups -OCH3 is 1. The summed E-state index contributed by atoms with van der Waals surface area (Å²) < 4.78 is 5.15. The number of rotatable bonds is 4. The Balaban J connectivity index is 1.85. The van der Waals surface area contributed by atoms with Gasteiger partial charge in [-0.15, -0.1) is 11.3 Å². The van der Waals surface area contributed by atoms with Crippen molar-refractivity contribution in [3.63, 3.8) is 0 Å². The minimum absolute atomic E-state index is 0.0753. The molecular formula is C18H14O2S. The maximum absolute atomic E-state index is 12.2. The molecule has 0 bridgehead atoms. The maximum Gasteiger partial charge on any atom is 0.202 e. The van der Waals surface area contributed by atoms with E-state index in [0.717, 1.165) is 27.3 Å². The Morgan fingerprint density at radius 3 is 2.05 bits per heavy atom. The van der Waals surface area contributed by atoms with Crippen LogP contribution in [0.5, 0.6) is 5.75 Å². The molecule has 104 valence electrons. The van der Waals surface area contributed by atoms with Crippen LogP contribution in [0.4, 0.5) is 0 Å². The molecule has 0 fully saturated rings. The van der Waals surface area contributed by atoms with Crippen molar-refractivity contribution < 1.29 is 9.53 Å². The number of hydrogen-bond donors (Lipinski definition) is 0. The Hall–Kier alpha value is -2.39. The summed E-state index contributed by atoms with van der Waals surface area (Å²) in [7, 11) is 1.65. The van der Waals surface area contributed by atoms with Crippen molar-refractivity contribution in [1.29, 1.82) is 0 Å². The van der Waals surface area contributed by atoms with Crippen molar-refractivity contribution in [2.45, 2.75) is 0 Å². The molecule has 0 unspecified atom stereocenters. The number of carbonyl (C=O) groups is 1. The monoisotopic (exact) mass is 294 g/mol. The fourth-order valence-electron chi connectivity index (χ4n) is 2.15. The number of carbonyl (C=O) groups excluding carboxylic acids is 1. The SMILES string of the molecule is COc1ccc(-c2ccc(C(=O)c3cccs3)cc2)cc1. The quantitative estimate of drug-likeness (QED) is 0.654. The van der Waals surface area contributed by atoms with Crippen LogP contribution in [0.2, 0.25) is 0 Å². The summed E-state index contributed by atoms with van der Waals surface area (Å²) in [6.07, 6.45) is 0. The summed E-state index contributed by atoms with van der Waals surface area (Å²) in [5.74, 6) is 0.912. The summed E-state index contributed by atoms with van der Waals surface area (Å²) in [5, 5.41) is 1.92. The second-order valence-electron chi connectivity index (χ2n) is 4.61. The van der Waals surface area contributed by atoms with Gasteiger partial charge in [0, 0.05) is 5.56 Å². The summed E-state index contributed by atoms with van der Waals surface area (Å²) in [4.78, 5) is 13.0. The van der Waals surface area contributed by atoms with E-state index in [1.807, 2.05) is 66.0 Å². The van der Waals surface area contributed by atoms with E-state index in [1.54, 1.807) is 7.11 Å². The zero-order chi connectivity index (χ0) is 14.7. The number of thiophene rings is 1. The highest BCUT2D eigenvalue weighted by molar-refractivity contribution is 7.12. The number of benzene rings is 2. The molecule has 0 aliphatic rings. The molecule has 3 heteroatoms. The highest BCUT2D eigenvalue weighted by Gasteiger charge is 2.09. The zero-order valence-electron chi connectivity index (χ0n) is 11.6. The molecule has 1 heterocycles. The molecule has 2 nitrogen and oxygen atoms in total. The Morgan fingerprint density at radius 1 is 0.905 bits per heavy atom. The van der Waals surface area contributed by atoms with E-state index in [-0.39, 0.29) is 5.78 Å². The minimum atomic E-state index is 0.0753. The van der Waals surface area contributed by atoms with E-state index in [9.17, 15) is 4.79 Å². The molecular weight excluding hydrogens is 280 g/mol. The Bertz CT molecular complexity index is 726. The van der Waals surface area contributed by atoms with Gasteiger partial charge in [-0.1, -0.05) is 42.5 Å². The molecule has 0 radical (unpaired) electrons. The zero-order valence-corrected chi connectivity index (χ0v) is 12.4. The molecule has 0 aliphatic carbocycles. The standard InChI is InChI=1S/C18H14O2S/c1-20-16-10-8-14(9-11-16)13-4-6-15(7-5-13)18(19)17-3-2-12-21-17/h2-12H,1H3. The summed E-state index contributed by atoms with van der Waals surface area (Å²) >= 11 is 1.47. The molecule has 21 heavy (non-hydrogen) atoms. The van der Waals surface area contributed by atoms with Gasteiger partial charge in [-0.25, -0.2) is 0 Å². The second kappa shape index (κ2) is 5.94. The molecule has 0 atom stereocenters. The van der Waals surface area contributed by atoms with E-state index >= 15 is 0 Å². The molecule has 3 aromatic rings. The van der Waals surface area contributed by atoms with Crippen LogP contribution < -0.4 is 4.74 Å². The van der Waals surface area contributed by atoms with Crippen LogP contribution in [-0.4, -0.2) is 12.9 Å². The van der Waals surface area contributed by atoms with Crippen LogP contribution in [-0.2, 0) is 0 Å². The van der Waals surface area contributed by atoms with Crippen LogP contribution in [0.3, 0.4) is 0 Å². The fraction of sp³-hybridized carbons (Fsp3) is 0.0556. The predicted octanol–water partition coefficient (Wildman–Crippen LogP) is 4.65. The van der Waals surface area contributed by atoms with Crippen molar-refractivity contribution in [3.8, 4) is 16.9 Å². The third-order valence-corrected chi connectivity index (χ3v) is 4.18. The number of ketones is 1. The fourth-order valence-corrected chi connectivity index (χ4v) is 2.83. The van der Waals surface area contributed by atoms with Crippen LogP contribution in [0.15, 0.2) is 66.0 Å². The van der Waals surface area contributed by atoms with E-state index in [4.69, 9.17) is 4.74 Å². The lowest BCUT2D eigenvalue weighted by atomic mass is 10.0. The van der Waals surface area contributed by atoms with Gasteiger partial charge in [0.1, 0.15) is 5.75 Å². The molecule has 3 rings (SSSR count). The van der Waals surface area contributed by atoms with Gasteiger partial charge in [-0.2, -0.15) is 0 Å². The second-order valence-corrected chi connectivity index (χ2v) is 5.56. The summed E-state index contributed by atoms with van der Waals surface area (Å²) in [6.45, 7) is 0. The molecule has 0 aliphatic heterocycles. The smallest absolute Gasteiger partial charge is 0.202 e. The number of ether oxygens (including phenoxy) is 1. The molecule has 0 saturated carbocycles. The first-order chi connectivity index (χ1) is 10.3. The Kier molecular flexibility index (Phi) is 3.84. The van der Waals surface area contributed by atoms with E-state index in [1.165, 1.54) is 11.3 Å². The Morgan fingerprint density at radius 2 is 1.52 bits per heavy atom. The lowest BCUT2D eigenvalue weighted by Gasteiger charge is -2.05. The normalized spacial score (nSPS) is 10.3.